The van der Waals surface area contributed by atoms with Gasteiger partial charge in [0, 0.05) is 19.3 Å². The van der Waals surface area contributed by atoms with E-state index in [1.807, 2.05) is 44.2 Å². The van der Waals surface area contributed by atoms with Gasteiger partial charge in [0.05, 0.1) is 23.6 Å². The second-order valence-electron chi connectivity index (χ2n) is 5.04. The number of aromatic nitrogens is 2. The minimum Gasteiger partial charge on any atom is -0.379 e. The highest BCUT2D eigenvalue weighted by Gasteiger charge is 2.08. The van der Waals surface area contributed by atoms with Crippen LogP contribution in [0.15, 0.2) is 42.7 Å². The molecule has 112 valence electrons. The summed E-state index contributed by atoms with van der Waals surface area (Å²) in [5.41, 5.74) is 1.49. The van der Waals surface area contributed by atoms with Crippen molar-refractivity contribution >= 4 is 5.91 Å². The van der Waals surface area contributed by atoms with Gasteiger partial charge in [-0.3, -0.25) is 4.79 Å². The molecule has 1 aromatic heterocycles. The number of carbonyl (C=O) groups is 1. The number of para-hydroxylation sites is 1. The molecule has 0 unspecified atom stereocenters. The lowest BCUT2D eigenvalue weighted by atomic mass is 10.3. The summed E-state index contributed by atoms with van der Waals surface area (Å²) in [6.45, 7) is 5.25. The van der Waals surface area contributed by atoms with Crippen LogP contribution in [0.1, 0.15) is 30.6 Å². The third-order valence-electron chi connectivity index (χ3n) is 2.92. The maximum absolute atomic E-state index is 12.0. The van der Waals surface area contributed by atoms with Crippen molar-refractivity contribution < 1.29 is 9.53 Å². The summed E-state index contributed by atoms with van der Waals surface area (Å²) in [6, 6.07) is 9.70. The number of amides is 1. The number of ether oxygens (including phenoxy) is 1. The largest absolute Gasteiger partial charge is 0.379 e. The maximum atomic E-state index is 12.0. The molecule has 1 heterocycles. The van der Waals surface area contributed by atoms with Gasteiger partial charge in [0.2, 0.25) is 0 Å². The van der Waals surface area contributed by atoms with Crippen LogP contribution < -0.4 is 5.32 Å². The lowest BCUT2D eigenvalue weighted by Crippen LogP contribution is -2.25. The first-order chi connectivity index (χ1) is 10.2. The summed E-state index contributed by atoms with van der Waals surface area (Å²) >= 11 is 0. The number of carbonyl (C=O) groups excluding carboxylic acids is 1. The Morgan fingerprint density at radius 3 is 2.81 bits per heavy atom. The van der Waals surface area contributed by atoms with E-state index >= 15 is 0 Å². The fraction of sp³-hybridized carbons (Fsp3) is 0.375. The van der Waals surface area contributed by atoms with Gasteiger partial charge in [0.15, 0.2) is 0 Å². The van der Waals surface area contributed by atoms with E-state index < -0.39 is 0 Å². The highest BCUT2D eigenvalue weighted by molar-refractivity contribution is 5.93. The predicted molar refractivity (Wildman–Crippen MR) is 81.6 cm³/mol. The molecule has 0 saturated carbocycles. The van der Waals surface area contributed by atoms with Crippen LogP contribution in [0.3, 0.4) is 0 Å². The summed E-state index contributed by atoms with van der Waals surface area (Å²) in [5.74, 6) is -0.110. The number of nitrogens with zero attached hydrogens (tertiary/aromatic N) is 2. The van der Waals surface area contributed by atoms with Crippen molar-refractivity contribution in [3.05, 3.63) is 48.3 Å². The lowest BCUT2D eigenvalue weighted by Gasteiger charge is -2.07. The van der Waals surface area contributed by atoms with E-state index in [1.165, 1.54) is 0 Å². The van der Waals surface area contributed by atoms with Gasteiger partial charge in [-0.1, -0.05) is 18.2 Å². The molecule has 0 radical (unpaired) electrons. The zero-order valence-electron chi connectivity index (χ0n) is 12.5. The molecule has 5 heteroatoms. The summed E-state index contributed by atoms with van der Waals surface area (Å²) < 4.78 is 7.11. The number of benzene rings is 1. The average molecular weight is 287 g/mol. The van der Waals surface area contributed by atoms with Crippen molar-refractivity contribution in [2.75, 3.05) is 13.2 Å². The standard InChI is InChI=1S/C16H21N3O2/c1-13(2)21-10-6-9-17-16(20)14-11-18-19(12-14)15-7-4-3-5-8-15/h3-5,7-8,11-13H,6,9-10H2,1-2H3,(H,17,20). The van der Waals surface area contributed by atoms with Crippen molar-refractivity contribution in [1.29, 1.82) is 0 Å². The highest BCUT2D eigenvalue weighted by atomic mass is 16.5. The van der Waals surface area contributed by atoms with Crippen molar-refractivity contribution in [2.45, 2.75) is 26.4 Å². The smallest absolute Gasteiger partial charge is 0.254 e. The van der Waals surface area contributed by atoms with E-state index in [4.69, 9.17) is 4.74 Å². The second kappa shape index (κ2) is 7.59. The Hall–Kier alpha value is -2.14. The molecule has 0 spiro atoms. The van der Waals surface area contributed by atoms with Crippen molar-refractivity contribution in [3.63, 3.8) is 0 Å². The molecule has 1 amide bonds. The third-order valence-corrected chi connectivity index (χ3v) is 2.92. The van der Waals surface area contributed by atoms with Gasteiger partial charge < -0.3 is 10.1 Å². The van der Waals surface area contributed by atoms with Crippen LogP contribution in [-0.4, -0.2) is 34.9 Å². The molecule has 0 saturated heterocycles. The van der Waals surface area contributed by atoms with Crippen LogP contribution in [0.4, 0.5) is 0 Å². The fourth-order valence-electron chi connectivity index (χ4n) is 1.86. The van der Waals surface area contributed by atoms with Crippen molar-refractivity contribution in [1.82, 2.24) is 15.1 Å². The molecule has 0 fully saturated rings. The molecule has 2 aromatic rings. The van der Waals surface area contributed by atoms with Gasteiger partial charge >= 0.3 is 0 Å². The summed E-state index contributed by atoms with van der Waals surface area (Å²) in [4.78, 5) is 12.0. The van der Waals surface area contributed by atoms with Crippen molar-refractivity contribution in [2.24, 2.45) is 0 Å². The Labute approximate surface area is 124 Å². The van der Waals surface area contributed by atoms with Gasteiger partial charge in [0.25, 0.3) is 5.91 Å². The normalized spacial score (nSPS) is 10.8. The highest BCUT2D eigenvalue weighted by Crippen LogP contribution is 2.07. The Morgan fingerprint density at radius 2 is 2.10 bits per heavy atom. The average Bonchev–Trinajstić information content (AvgIpc) is 2.97. The molecule has 5 nitrogen and oxygen atoms in total. The predicted octanol–water partition coefficient (Wildman–Crippen LogP) is 2.42. The lowest BCUT2D eigenvalue weighted by molar-refractivity contribution is 0.0757. The molecule has 1 aromatic carbocycles. The molecule has 21 heavy (non-hydrogen) atoms. The first kappa shape index (κ1) is 15.3. The van der Waals surface area contributed by atoms with Crippen molar-refractivity contribution in [3.8, 4) is 5.69 Å². The van der Waals surface area contributed by atoms with E-state index in [0.717, 1.165) is 12.1 Å². The third kappa shape index (κ3) is 4.72. The minimum absolute atomic E-state index is 0.110. The van der Waals surface area contributed by atoms with Crippen LogP contribution in [-0.2, 0) is 4.74 Å². The fourth-order valence-corrected chi connectivity index (χ4v) is 1.86. The number of hydrogen-bond donors (Lipinski definition) is 1. The van der Waals surface area contributed by atoms with E-state index in [1.54, 1.807) is 17.1 Å². The first-order valence-corrected chi connectivity index (χ1v) is 7.16. The van der Waals surface area contributed by atoms with Gasteiger partial charge in [-0.15, -0.1) is 0 Å². The SMILES string of the molecule is CC(C)OCCCNC(=O)c1cnn(-c2ccccc2)c1. The maximum Gasteiger partial charge on any atom is 0.254 e. The van der Waals surface area contributed by atoms with Crippen LogP contribution in [0.25, 0.3) is 5.69 Å². The summed E-state index contributed by atoms with van der Waals surface area (Å²) in [7, 11) is 0. The molecule has 0 atom stereocenters. The molecule has 1 N–H and O–H groups in total. The first-order valence-electron chi connectivity index (χ1n) is 7.16. The van der Waals surface area contributed by atoms with Crippen LogP contribution in [0, 0.1) is 0 Å². The molecule has 0 aliphatic heterocycles. The monoisotopic (exact) mass is 287 g/mol. The summed E-state index contributed by atoms with van der Waals surface area (Å²) in [6.07, 6.45) is 4.34. The molecule has 0 aliphatic rings. The number of nitrogens with one attached hydrogen (secondary N) is 1. The zero-order valence-corrected chi connectivity index (χ0v) is 12.5. The van der Waals surface area contributed by atoms with Gasteiger partial charge in [-0.25, -0.2) is 4.68 Å². The molecule has 0 bridgehead atoms. The Bertz CT molecular complexity index is 564. The molecular weight excluding hydrogens is 266 g/mol. The quantitative estimate of drug-likeness (QED) is 0.796. The Balaban J connectivity index is 1.82. The van der Waals surface area contributed by atoms with Gasteiger partial charge in [-0.05, 0) is 32.4 Å². The molecule has 0 aliphatic carbocycles. The Morgan fingerprint density at radius 1 is 1.33 bits per heavy atom. The summed E-state index contributed by atoms with van der Waals surface area (Å²) in [5, 5.41) is 7.07. The van der Waals surface area contributed by atoms with Gasteiger partial charge in [0.1, 0.15) is 0 Å². The molecule has 2 rings (SSSR count). The van der Waals surface area contributed by atoms with E-state index in [0.29, 0.717) is 18.7 Å². The van der Waals surface area contributed by atoms with Crippen LogP contribution in [0.5, 0.6) is 0 Å². The second-order valence-corrected chi connectivity index (χ2v) is 5.04. The Kier molecular flexibility index (Phi) is 5.51. The van der Waals surface area contributed by atoms with E-state index in [9.17, 15) is 4.79 Å². The zero-order chi connectivity index (χ0) is 15.1. The van der Waals surface area contributed by atoms with E-state index in [-0.39, 0.29) is 12.0 Å². The topological polar surface area (TPSA) is 56.1 Å². The van der Waals surface area contributed by atoms with E-state index in [2.05, 4.69) is 10.4 Å². The van der Waals surface area contributed by atoms with Crippen LogP contribution >= 0.6 is 0 Å². The molecular formula is C16H21N3O2. The number of rotatable bonds is 7. The minimum atomic E-state index is -0.110. The number of hydrogen-bond acceptors (Lipinski definition) is 3. The van der Waals surface area contributed by atoms with Crippen LogP contribution in [0.2, 0.25) is 0 Å². The van der Waals surface area contributed by atoms with Gasteiger partial charge in [-0.2, -0.15) is 5.10 Å².